The number of aromatic nitrogens is 2. The lowest BCUT2D eigenvalue weighted by atomic mass is 10.1. The van der Waals surface area contributed by atoms with Crippen molar-refractivity contribution < 1.29 is 4.79 Å². The largest absolute Gasteiger partial charge is 0.383 e. The molecule has 1 amide bonds. The minimum absolute atomic E-state index is 0.199. The van der Waals surface area contributed by atoms with Crippen molar-refractivity contribution in [2.24, 2.45) is 0 Å². The molecule has 106 valence electrons. The molecular weight excluding hydrogens is 260 g/mol. The standard InChI is InChI=1S/C13H22N4OS/c1-10(5-4-6-19-3)17(9-18)8-12-7-15-11(2)16-13(12)14/h7,9-10H,4-6,8H2,1-3H3,(H2,14,15,16). The average Bonchev–Trinajstić information content (AvgIpc) is 2.38. The van der Waals surface area contributed by atoms with Gasteiger partial charge in [0.1, 0.15) is 11.6 Å². The van der Waals surface area contributed by atoms with Gasteiger partial charge in [0.15, 0.2) is 0 Å². The van der Waals surface area contributed by atoms with Crippen LogP contribution in [0.4, 0.5) is 5.82 Å². The first-order valence-electron chi connectivity index (χ1n) is 6.36. The molecule has 0 aliphatic heterocycles. The number of nitrogens with zero attached hydrogens (tertiary/aromatic N) is 3. The van der Waals surface area contributed by atoms with Gasteiger partial charge in [-0.15, -0.1) is 0 Å². The van der Waals surface area contributed by atoms with E-state index >= 15 is 0 Å². The molecule has 1 heterocycles. The Hall–Kier alpha value is -1.30. The first-order valence-corrected chi connectivity index (χ1v) is 7.75. The number of carbonyl (C=O) groups is 1. The van der Waals surface area contributed by atoms with Crippen LogP contribution in [-0.4, -0.2) is 39.3 Å². The maximum absolute atomic E-state index is 11.2. The number of nitrogens with two attached hydrogens (primary N) is 1. The van der Waals surface area contributed by atoms with Crippen molar-refractivity contribution in [2.75, 3.05) is 17.7 Å². The minimum Gasteiger partial charge on any atom is -0.383 e. The third-order valence-electron chi connectivity index (χ3n) is 3.04. The summed E-state index contributed by atoms with van der Waals surface area (Å²) in [6, 6.07) is 0.199. The van der Waals surface area contributed by atoms with Gasteiger partial charge >= 0.3 is 0 Å². The highest BCUT2D eigenvalue weighted by atomic mass is 32.2. The van der Waals surface area contributed by atoms with Gasteiger partial charge in [-0.3, -0.25) is 4.79 Å². The van der Waals surface area contributed by atoms with Crippen LogP contribution in [0.5, 0.6) is 0 Å². The summed E-state index contributed by atoms with van der Waals surface area (Å²) in [6.45, 7) is 4.32. The number of anilines is 1. The van der Waals surface area contributed by atoms with Crippen LogP contribution >= 0.6 is 11.8 Å². The van der Waals surface area contributed by atoms with Gasteiger partial charge in [0, 0.05) is 17.8 Å². The lowest BCUT2D eigenvalue weighted by molar-refractivity contribution is -0.120. The Morgan fingerprint density at radius 3 is 2.89 bits per heavy atom. The van der Waals surface area contributed by atoms with E-state index in [9.17, 15) is 4.79 Å². The fourth-order valence-corrected chi connectivity index (χ4v) is 2.27. The van der Waals surface area contributed by atoms with Gasteiger partial charge in [-0.25, -0.2) is 9.97 Å². The molecule has 0 aromatic carbocycles. The van der Waals surface area contributed by atoms with Crippen molar-refractivity contribution in [1.29, 1.82) is 0 Å². The maximum Gasteiger partial charge on any atom is 0.210 e. The molecule has 6 heteroatoms. The molecular formula is C13H22N4OS. The molecule has 0 saturated carbocycles. The Bertz CT molecular complexity index is 414. The lowest BCUT2D eigenvalue weighted by Gasteiger charge is -2.25. The second kappa shape index (κ2) is 7.99. The van der Waals surface area contributed by atoms with E-state index in [2.05, 4.69) is 23.1 Å². The SMILES string of the molecule is CSCCCC(C)N(C=O)Cc1cnc(C)nc1N. The number of nitrogen functional groups attached to an aromatic ring is 1. The van der Waals surface area contributed by atoms with E-state index in [-0.39, 0.29) is 6.04 Å². The Kier molecular flexibility index (Phi) is 6.62. The normalized spacial score (nSPS) is 12.2. The highest BCUT2D eigenvalue weighted by Crippen LogP contribution is 2.14. The second-order valence-electron chi connectivity index (χ2n) is 4.59. The summed E-state index contributed by atoms with van der Waals surface area (Å²) < 4.78 is 0. The molecule has 2 N–H and O–H groups in total. The van der Waals surface area contributed by atoms with E-state index in [1.807, 2.05) is 11.8 Å². The zero-order chi connectivity index (χ0) is 14.3. The van der Waals surface area contributed by atoms with E-state index in [0.29, 0.717) is 18.2 Å². The summed E-state index contributed by atoms with van der Waals surface area (Å²) in [4.78, 5) is 21.2. The number of carbonyl (C=O) groups excluding carboxylic acids is 1. The third-order valence-corrected chi connectivity index (χ3v) is 3.74. The Morgan fingerprint density at radius 2 is 2.32 bits per heavy atom. The Balaban J connectivity index is 2.62. The van der Waals surface area contributed by atoms with Gasteiger partial charge in [-0.05, 0) is 38.7 Å². The molecule has 1 rings (SSSR count). The van der Waals surface area contributed by atoms with Crippen LogP contribution < -0.4 is 5.73 Å². The average molecular weight is 282 g/mol. The molecule has 0 spiro atoms. The van der Waals surface area contributed by atoms with Crippen molar-refractivity contribution in [3.8, 4) is 0 Å². The summed E-state index contributed by atoms with van der Waals surface area (Å²) in [5, 5.41) is 0. The van der Waals surface area contributed by atoms with E-state index in [0.717, 1.165) is 30.6 Å². The van der Waals surface area contributed by atoms with Crippen LogP contribution in [0, 0.1) is 6.92 Å². The highest BCUT2D eigenvalue weighted by molar-refractivity contribution is 7.98. The number of aryl methyl sites for hydroxylation is 1. The zero-order valence-corrected chi connectivity index (χ0v) is 12.6. The Labute approximate surface area is 119 Å². The molecule has 0 bridgehead atoms. The first-order chi connectivity index (χ1) is 9.08. The predicted molar refractivity (Wildman–Crippen MR) is 79.9 cm³/mol. The molecule has 0 aliphatic rings. The van der Waals surface area contributed by atoms with Crippen LogP contribution in [0.15, 0.2) is 6.20 Å². The van der Waals surface area contributed by atoms with Gasteiger partial charge in [-0.1, -0.05) is 0 Å². The number of hydrogen-bond acceptors (Lipinski definition) is 5. The zero-order valence-electron chi connectivity index (χ0n) is 11.8. The number of thioether (sulfide) groups is 1. The fraction of sp³-hybridized carbons (Fsp3) is 0.615. The van der Waals surface area contributed by atoms with Crippen molar-refractivity contribution in [1.82, 2.24) is 14.9 Å². The van der Waals surface area contributed by atoms with Gasteiger partial charge in [0.05, 0.1) is 6.54 Å². The monoisotopic (exact) mass is 282 g/mol. The molecule has 0 aliphatic carbocycles. The van der Waals surface area contributed by atoms with Crippen molar-refractivity contribution >= 4 is 24.0 Å². The minimum atomic E-state index is 0.199. The summed E-state index contributed by atoms with van der Waals surface area (Å²) >= 11 is 1.82. The number of rotatable bonds is 8. The molecule has 1 atom stereocenters. The molecule has 1 aromatic heterocycles. The van der Waals surface area contributed by atoms with E-state index in [4.69, 9.17) is 5.73 Å². The maximum atomic E-state index is 11.2. The molecule has 0 fully saturated rings. The number of amides is 1. The van der Waals surface area contributed by atoms with E-state index < -0.39 is 0 Å². The smallest absolute Gasteiger partial charge is 0.210 e. The van der Waals surface area contributed by atoms with Gasteiger partial charge in [0.25, 0.3) is 0 Å². The summed E-state index contributed by atoms with van der Waals surface area (Å²) in [7, 11) is 0. The summed E-state index contributed by atoms with van der Waals surface area (Å²) in [6.07, 6.45) is 6.76. The quantitative estimate of drug-likeness (QED) is 0.582. The lowest BCUT2D eigenvalue weighted by Crippen LogP contribution is -2.31. The molecule has 19 heavy (non-hydrogen) atoms. The van der Waals surface area contributed by atoms with Crippen LogP contribution in [0.3, 0.4) is 0 Å². The van der Waals surface area contributed by atoms with Gasteiger partial charge in [0.2, 0.25) is 6.41 Å². The molecule has 1 unspecified atom stereocenters. The molecule has 0 saturated heterocycles. The predicted octanol–water partition coefficient (Wildman–Crippen LogP) is 1.86. The number of hydrogen-bond donors (Lipinski definition) is 1. The second-order valence-corrected chi connectivity index (χ2v) is 5.58. The van der Waals surface area contributed by atoms with Crippen LogP contribution in [-0.2, 0) is 11.3 Å². The molecule has 5 nitrogen and oxygen atoms in total. The van der Waals surface area contributed by atoms with Crippen molar-refractivity contribution in [2.45, 2.75) is 39.3 Å². The van der Waals surface area contributed by atoms with Gasteiger partial charge < -0.3 is 10.6 Å². The summed E-state index contributed by atoms with van der Waals surface area (Å²) in [5.74, 6) is 2.22. The molecule has 1 aromatic rings. The van der Waals surface area contributed by atoms with Crippen molar-refractivity contribution in [3.05, 3.63) is 17.6 Å². The fourth-order valence-electron chi connectivity index (χ4n) is 1.82. The molecule has 0 radical (unpaired) electrons. The van der Waals surface area contributed by atoms with Crippen molar-refractivity contribution in [3.63, 3.8) is 0 Å². The first kappa shape index (κ1) is 15.8. The van der Waals surface area contributed by atoms with Crippen LogP contribution in [0.2, 0.25) is 0 Å². The van der Waals surface area contributed by atoms with Gasteiger partial charge in [-0.2, -0.15) is 11.8 Å². The van der Waals surface area contributed by atoms with Crippen LogP contribution in [0.1, 0.15) is 31.2 Å². The topological polar surface area (TPSA) is 72.1 Å². The third kappa shape index (κ3) is 5.06. The highest BCUT2D eigenvalue weighted by Gasteiger charge is 2.14. The van der Waals surface area contributed by atoms with E-state index in [1.54, 1.807) is 18.0 Å². The van der Waals surface area contributed by atoms with E-state index in [1.165, 1.54) is 0 Å². The van der Waals surface area contributed by atoms with Crippen LogP contribution in [0.25, 0.3) is 0 Å². The Morgan fingerprint density at radius 1 is 1.58 bits per heavy atom. The summed E-state index contributed by atoms with van der Waals surface area (Å²) in [5.41, 5.74) is 6.65.